The van der Waals surface area contributed by atoms with Gasteiger partial charge in [-0.1, -0.05) is 0 Å². The second-order valence-electron chi connectivity index (χ2n) is 7.13. The van der Waals surface area contributed by atoms with Crippen molar-refractivity contribution in [2.45, 2.75) is 19.4 Å². The first-order chi connectivity index (χ1) is 13.5. The van der Waals surface area contributed by atoms with Gasteiger partial charge in [-0.3, -0.25) is 19.7 Å². The zero-order valence-corrected chi connectivity index (χ0v) is 15.9. The minimum atomic E-state index is -0.583. The van der Waals surface area contributed by atoms with Gasteiger partial charge in [-0.05, 0) is 31.5 Å². The summed E-state index contributed by atoms with van der Waals surface area (Å²) < 4.78 is 5.27. The molecule has 0 aliphatic carbocycles. The number of aliphatic hydroxyl groups is 1. The third-order valence-corrected chi connectivity index (χ3v) is 5.16. The molecule has 4 rings (SSSR count). The largest absolute Gasteiger partial charge is 0.497 e. The minimum absolute atomic E-state index is 0.0602. The van der Waals surface area contributed by atoms with E-state index >= 15 is 0 Å². The van der Waals surface area contributed by atoms with Crippen LogP contribution in [0.2, 0.25) is 0 Å². The van der Waals surface area contributed by atoms with Gasteiger partial charge in [0.1, 0.15) is 5.75 Å². The zero-order valence-electron chi connectivity index (χ0n) is 15.9. The van der Waals surface area contributed by atoms with Crippen molar-refractivity contribution in [2.75, 3.05) is 20.2 Å². The maximum absolute atomic E-state index is 13.2. The summed E-state index contributed by atoms with van der Waals surface area (Å²) in [6.45, 7) is 2.66. The number of fused-ring (bicyclic) bond motifs is 1. The number of benzene rings is 1. The predicted molar refractivity (Wildman–Crippen MR) is 104 cm³/mol. The highest BCUT2D eigenvalue weighted by atomic mass is 16.5. The Morgan fingerprint density at radius 1 is 1.29 bits per heavy atom. The number of pyridine rings is 1. The standard InChI is InChI=1S/C21H22N4O3/c1-13-7-18(17-4-3-16(28-2)9-19(17)24-13)21(27)25-11-14(20(26)12-25)8-15-10-22-5-6-23-15/h3-7,9-10,14,20,26H,8,11-12H2,1-2H3/t14-,20-/m1/s1. The van der Waals surface area contributed by atoms with Crippen molar-refractivity contribution in [1.82, 2.24) is 19.9 Å². The van der Waals surface area contributed by atoms with E-state index in [1.807, 2.05) is 25.1 Å². The summed E-state index contributed by atoms with van der Waals surface area (Å²) in [6, 6.07) is 7.32. The average molecular weight is 378 g/mol. The molecule has 1 aliphatic rings. The van der Waals surface area contributed by atoms with Crippen LogP contribution in [0.3, 0.4) is 0 Å². The third-order valence-electron chi connectivity index (χ3n) is 5.16. The monoisotopic (exact) mass is 378 g/mol. The highest BCUT2D eigenvalue weighted by Crippen LogP contribution is 2.27. The Morgan fingerprint density at radius 2 is 2.14 bits per heavy atom. The van der Waals surface area contributed by atoms with Crippen molar-refractivity contribution >= 4 is 16.8 Å². The molecule has 28 heavy (non-hydrogen) atoms. The van der Waals surface area contributed by atoms with E-state index in [1.54, 1.807) is 36.7 Å². The van der Waals surface area contributed by atoms with E-state index in [1.165, 1.54) is 0 Å². The lowest BCUT2D eigenvalue weighted by molar-refractivity contribution is 0.0766. The van der Waals surface area contributed by atoms with E-state index in [0.717, 1.165) is 22.3 Å². The molecule has 1 fully saturated rings. The summed E-state index contributed by atoms with van der Waals surface area (Å²) in [5.41, 5.74) is 2.90. The molecule has 0 spiro atoms. The van der Waals surface area contributed by atoms with Gasteiger partial charge in [0.05, 0.1) is 30.0 Å². The molecule has 0 saturated carbocycles. The van der Waals surface area contributed by atoms with E-state index in [4.69, 9.17) is 4.74 Å². The number of rotatable bonds is 4. The summed E-state index contributed by atoms with van der Waals surface area (Å²) in [5, 5.41) is 11.3. The fourth-order valence-electron chi connectivity index (χ4n) is 3.74. The van der Waals surface area contributed by atoms with Gasteiger partial charge in [0, 0.05) is 54.7 Å². The predicted octanol–water partition coefficient (Wildman–Crippen LogP) is 2.02. The number of hydrogen-bond donors (Lipinski definition) is 1. The Bertz CT molecular complexity index is 1010. The van der Waals surface area contributed by atoms with Crippen LogP contribution in [0.25, 0.3) is 10.9 Å². The van der Waals surface area contributed by atoms with Crippen molar-refractivity contribution in [3.63, 3.8) is 0 Å². The van der Waals surface area contributed by atoms with Gasteiger partial charge in [0.15, 0.2) is 0 Å². The molecule has 7 heteroatoms. The van der Waals surface area contributed by atoms with Crippen LogP contribution in [0.4, 0.5) is 0 Å². The normalized spacial score (nSPS) is 19.2. The van der Waals surface area contributed by atoms with Crippen LogP contribution in [-0.2, 0) is 6.42 Å². The second kappa shape index (κ2) is 7.52. The van der Waals surface area contributed by atoms with Crippen molar-refractivity contribution < 1.29 is 14.6 Å². The summed E-state index contributed by atoms with van der Waals surface area (Å²) >= 11 is 0. The van der Waals surface area contributed by atoms with E-state index in [-0.39, 0.29) is 11.8 Å². The summed E-state index contributed by atoms with van der Waals surface area (Å²) in [5.74, 6) is 0.543. The van der Waals surface area contributed by atoms with Gasteiger partial charge in [-0.15, -0.1) is 0 Å². The molecule has 1 aromatic carbocycles. The van der Waals surface area contributed by atoms with Gasteiger partial charge in [0.2, 0.25) is 0 Å². The number of β-amino-alcohol motifs (C(OH)–C–C–N with tert-alkyl or cyclic N) is 1. The van der Waals surface area contributed by atoms with Crippen LogP contribution >= 0.6 is 0 Å². The van der Waals surface area contributed by atoms with Crippen molar-refractivity contribution in [1.29, 1.82) is 0 Å². The van der Waals surface area contributed by atoms with Gasteiger partial charge < -0.3 is 14.7 Å². The number of aromatic nitrogens is 3. The summed E-state index contributed by atoms with van der Waals surface area (Å²) in [4.78, 5) is 27.8. The lowest BCUT2D eigenvalue weighted by Crippen LogP contribution is -2.30. The van der Waals surface area contributed by atoms with Crippen molar-refractivity contribution in [3.8, 4) is 5.75 Å². The van der Waals surface area contributed by atoms with E-state index in [0.29, 0.717) is 30.8 Å². The van der Waals surface area contributed by atoms with Gasteiger partial charge in [-0.2, -0.15) is 0 Å². The molecule has 1 N–H and O–H groups in total. The fourth-order valence-corrected chi connectivity index (χ4v) is 3.74. The summed E-state index contributed by atoms with van der Waals surface area (Å²) in [7, 11) is 1.60. The Hall–Kier alpha value is -3.06. The molecule has 3 aromatic rings. The molecule has 0 unspecified atom stereocenters. The first-order valence-corrected chi connectivity index (χ1v) is 9.23. The Morgan fingerprint density at radius 3 is 2.89 bits per heavy atom. The van der Waals surface area contributed by atoms with Crippen molar-refractivity contribution in [3.05, 3.63) is 59.8 Å². The number of methoxy groups -OCH3 is 1. The van der Waals surface area contributed by atoms with E-state index < -0.39 is 6.10 Å². The summed E-state index contributed by atoms with van der Waals surface area (Å²) in [6.07, 6.45) is 4.96. The molecule has 3 heterocycles. The fraction of sp³-hybridized carbons (Fsp3) is 0.333. The van der Waals surface area contributed by atoms with Gasteiger partial charge in [0.25, 0.3) is 5.91 Å². The number of likely N-dealkylation sites (tertiary alicyclic amines) is 1. The molecule has 1 saturated heterocycles. The van der Waals surface area contributed by atoms with E-state index in [9.17, 15) is 9.90 Å². The number of amides is 1. The van der Waals surface area contributed by atoms with E-state index in [2.05, 4.69) is 15.0 Å². The molecule has 0 bridgehead atoms. The minimum Gasteiger partial charge on any atom is -0.497 e. The highest BCUT2D eigenvalue weighted by Gasteiger charge is 2.35. The number of ether oxygens (including phenoxy) is 1. The number of aliphatic hydroxyl groups excluding tert-OH is 1. The van der Waals surface area contributed by atoms with Crippen LogP contribution in [-0.4, -0.2) is 57.2 Å². The molecule has 2 atom stereocenters. The van der Waals surface area contributed by atoms with Crippen LogP contribution in [0.5, 0.6) is 5.75 Å². The molecular formula is C21H22N4O3. The lowest BCUT2D eigenvalue weighted by atomic mass is 10.0. The number of carbonyl (C=O) groups is 1. The number of carbonyl (C=O) groups excluding carboxylic acids is 1. The van der Waals surface area contributed by atoms with Crippen molar-refractivity contribution in [2.24, 2.45) is 5.92 Å². The first kappa shape index (κ1) is 18.3. The number of nitrogens with zero attached hydrogens (tertiary/aromatic N) is 4. The maximum atomic E-state index is 13.2. The molecule has 144 valence electrons. The molecule has 2 aromatic heterocycles. The van der Waals surface area contributed by atoms with Crippen LogP contribution in [0.1, 0.15) is 21.7 Å². The molecule has 1 aliphatic heterocycles. The molecule has 0 radical (unpaired) electrons. The van der Waals surface area contributed by atoms with Crippen LogP contribution in [0, 0.1) is 12.8 Å². The Balaban J connectivity index is 1.59. The Labute approximate surface area is 163 Å². The zero-order chi connectivity index (χ0) is 19.7. The smallest absolute Gasteiger partial charge is 0.254 e. The molecule has 1 amide bonds. The third kappa shape index (κ3) is 3.53. The van der Waals surface area contributed by atoms with Gasteiger partial charge in [-0.25, -0.2) is 0 Å². The van der Waals surface area contributed by atoms with Gasteiger partial charge >= 0.3 is 0 Å². The Kier molecular flexibility index (Phi) is 4.92. The quantitative estimate of drug-likeness (QED) is 0.747. The topological polar surface area (TPSA) is 88.4 Å². The second-order valence-corrected chi connectivity index (χ2v) is 7.13. The average Bonchev–Trinajstić information content (AvgIpc) is 3.07. The van der Waals surface area contributed by atoms with Crippen LogP contribution < -0.4 is 4.74 Å². The lowest BCUT2D eigenvalue weighted by Gasteiger charge is -2.18. The maximum Gasteiger partial charge on any atom is 0.254 e. The first-order valence-electron chi connectivity index (χ1n) is 9.23. The number of aryl methyl sites for hydroxylation is 1. The molecule has 7 nitrogen and oxygen atoms in total. The van der Waals surface area contributed by atoms with Crippen LogP contribution in [0.15, 0.2) is 42.9 Å². The number of hydrogen-bond acceptors (Lipinski definition) is 6. The SMILES string of the molecule is COc1ccc2c(C(=O)N3C[C@@H](Cc4cnccn4)[C@H](O)C3)cc(C)nc2c1. The molecular weight excluding hydrogens is 356 g/mol. The highest BCUT2D eigenvalue weighted by molar-refractivity contribution is 6.06.